The van der Waals surface area contributed by atoms with Gasteiger partial charge >= 0.3 is 128 Å². The second kappa shape index (κ2) is 13.8. The van der Waals surface area contributed by atoms with E-state index in [2.05, 4.69) is 23.7 Å². The van der Waals surface area contributed by atoms with Crippen molar-refractivity contribution in [2.45, 2.75) is 110 Å². The summed E-state index contributed by atoms with van der Waals surface area (Å²) >= 11 is -1.57. The molecule has 0 heterocycles. The molecule has 0 aliphatic carbocycles. The summed E-state index contributed by atoms with van der Waals surface area (Å²) in [5.41, 5.74) is 0. The van der Waals surface area contributed by atoms with Crippen molar-refractivity contribution in [1.29, 1.82) is 0 Å². The number of unbranched alkanes of at least 4 members (excludes halogenated alkanes) is 10. The maximum atomic E-state index is 2.69. The van der Waals surface area contributed by atoms with E-state index in [0.717, 1.165) is 0 Å². The van der Waals surface area contributed by atoms with Crippen LogP contribution in [0.2, 0.25) is 18.8 Å². The summed E-state index contributed by atoms with van der Waals surface area (Å²) in [4.78, 5) is 5.37. The first-order valence-electron chi connectivity index (χ1n) is 9.12. The first kappa shape index (κ1) is 19.8. The van der Waals surface area contributed by atoms with Gasteiger partial charge in [-0.1, -0.05) is 0 Å². The first-order valence-corrected chi connectivity index (χ1v) is 18.9. The van der Waals surface area contributed by atoms with Gasteiger partial charge in [-0.25, -0.2) is 0 Å². The zero-order valence-corrected chi connectivity index (χ0v) is 17.3. The molecule has 0 aliphatic rings. The zero-order valence-electron chi connectivity index (χ0n) is 14.4. The van der Waals surface area contributed by atoms with Crippen molar-refractivity contribution in [1.82, 2.24) is 0 Å². The van der Waals surface area contributed by atoms with Crippen molar-refractivity contribution in [3.8, 4) is 0 Å². The monoisotopic (exact) mass is 376 g/mol. The molecule has 0 saturated carbocycles. The minimum atomic E-state index is -1.57. The molecular weight excluding hydrogens is 335 g/mol. The molecule has 116 valence electrons. The van der Waals surface area contributed by atoms with Crippen LogP contribution in [-0.4, -0.2) is 18.4 Å². The van der Waals surface area contributed by atoms with Crippen molar-refractivity contribution < 1.29 is 0 Å². The fourth-order valence-electron chi connectivity index (χ4n) is 2.89. The van der Waals surface area contributed by atoms with Crippen molar-refractivity contribution in [3.63, 3.8) is 0 Å². The predicted molar refractivity (Wildman–Crippen MR) is 93.8 cm³/mol. The van der Waals surface area contributed by atoms with E-state index in [4.69, 9.17) is 0 Å². The summed E-state index contributed by atoms with van der Waals surface area (Å²) < 4.78 is 3.30. The third-order valence-electron chi connectivity index (χ3n) is 4.41. The molecule has 0 atom stereocenters. The summed E-state index contributed by atoms with van der Waals surface area (Å²) in [5, 5.41) is 0. The van der Waals surface area contributed by atoms with E-state index in [1.54, 1.807) is 21.7 Å². The van der Waals surface area contributed by atoms with Gasteiger partial charge in [-0.15, -0.1) is 0 Å². The molecule has 0 N–H and O–H groups in total. The van der Waals surface area contributed by atoms with Crippen molar-refractivity contribution >= 4 is 18.4 Å². The normalized spacial score (nSPS) is 12.0. The van der Waals surface area contributed by atoms with Gasteiger partial charge < -0.3 is 0 Å². The van der Waals surface area contributed by atoms with E-state index in [9.17, 15) is 0 Å². The van der Waals surface area contributed by atoms with Gasteiger partial charge in [0.15, 0.2) is 0 Å². The molecule has 0 unspecified atom stereocenters. The molecule has 0 spiro atoms. The first-order chi connectivity index (χ1) is 9.12. The van der Waals surface area contributed by atoms with E-state index < -0.39 is 18.4 Å². The van der Waals surface area contributed by atoms with Crippen LogP contribution in [0.15, 0.2) is 0 Å². The van der Waals surface area contributed by atoms with Gasteiger partial charge in [0, 0.05) is 0 Å². The Hall–Kier alpha value is 0.799. The number of rotatable bonds is 14. The van der Waals surface area contributed by atoms with E-state index in [0.29, 0.717) is 0 Å². The van der Waals surface area contributed by atoms with Crippen LogP contribution in [0.3, 0.4) is 0 Å². The molecule has 1 heteroatoms. The SMILES string of the molecule is CCCCCCC[CH2][Sn]([CH3])([CH3])[CH2]CCCCCCC. The van der Waals surface area contributed by atoms with Crippen LogP contribution >= 0.6 is 0 Å². The van der Waals surface area contributed by atoms with Crippen LogP contribution in [0.25, 0.3) is 0 Å². The Morgan fingerprint density at radius 1 is 0.474 bits per heavy atom. The molecule has 0 aromatic heterocycles. The molecule has 0 rings (SSSR count). The average molecular weight is 375 g/mol. The van der Waals surface area contributed by atoms with Gasteiger partial charge in [0.25, 0.3) is 0 Å². The van der Waals surface area contributed by atoms with E-state index >= 15 is 0 Å². The zero-order chi connectivity index (χ0) is 14.4. The molecule has 0 aliphatic heterocycles. The summed E-state index contributed by atoms with van der Waals surface area (Å²) in [5.74, 6) is 0. The third-order valence-corrected chi connectivity index (χ3v) is 14.2. The van der Waals surface area contributed by atoms with Gasteiger partial charge in [-0.05, 0) is 0 Å². The van der Waals surface area contributed by atoms with Crippen LogP contribution in [-0.2, 0) is 0 Å². The summed E-state index contributed by atoms with van der Waals surface area (Å²) in [7, 11) is 0. The molecule has 0 bridgehead atoms. The molecule has 0 radical (unpaired) electrons. The van der Waals surface area contributed by atoms with Gasteiger partial charge in [0.1, 0.15) is 0 Å². The molecule has 0 nitrogen and oxygen atoms in total. The molecule has 0 saturated heterocycles. The summed E-state index contributed by atoms with van der Waals surface area (Å²) in [6.45, 7) is 4.61. The molecule has 0 fully saturated rings. The Morgan fingerprint density at radius 3 is 1.16 bits per heavy atom. The Morgan fingerprint density at radius 2 is 0.789 bits per heavy atom. The Bertz CT molecular complexity index is 157. The summed E-state index contributed by atoms with van der Waals surface area (Å²) in [6, 6.07) is 0. The van der Waals surface area contributed by atoms with Gasteiger partial charge in [0.2, 0.25) is 0 Å². The van der Waals surface area contributed by atoms with Crippen molar-refractivity contribution in [3.05, 3.63) is 0 Å². The van der Waals surface area contributed by atoms with Crippen LogP contribution in [0, 0.1) is 0 Å². The van der Waals surface area contributed by atoms with Crippen LogP contribution in [0.5, 0.6) is 0 Å². The third kappa shape index (κ3) is 15.0. The molecule has 0 aromatic rings. The van der Waals surface area contributed by atoms with E-state index in [1.165, 1.54) is 64.2 Å². The summed E-state index contributed by atoms with van der Waals surface area (Å²) in [6.07, 6.45) is 17.7. The fraction of sp³-hybridized carbons (Fsp3) is 1.00. The van der Waals surface area contributed by atoms with Gasteiger partial charge in [-0.3, -0.25) is 0 Å². The molecule has 19 heavy (non-hydrogen) atoms. The Kier molecular flexibility index (Phi) is 14.3. The average Bonchev–Trinajstić information content (AvgIpc) is 2.38. The second-order valence-corrected chi connectivity index (χ2v) is 22.4. The predicted octanol–water partition coefficient (Wildman–Crippen LogP) is 7.42. The van der Waals surface area contributed by atoms with Crippen molar-refractivity contribution in [2.24, 2.45) is 0 Å². The molecule has 0 amide bonds. The van der Waals surface area contributed by atoms with Crippen LogP contribution < -0.4 is 0 Å². The van der Waals surface area contributed by atoms with E-state index in [-0.39, 0.29) is 0 Å². The molecular formula is C18H40Sn. The van der Waals surface area contributed by atoms with Gasteiger partial charge in [-0.2, -0.15) is 0 Å². The van der Waals surface area contributed by atoms with E-state index in [1.807, 2.05) is 0 Å². The van der Waals surface area contributed by atoms with Crippen LogP contribution in [0.1, 0.15) is 90.9 Å². The minimum absolute atomic E-state index is 1.38. The topological polar surface area (TPSA) is 0 Å². The standard InChI is InChI=1S/2C8H17.2CH3.Sn/c2*1-3-5-7-8-6-4-2;;;/h2*1,3-8H2,2H3;2*1H3;. The van der Waals surface area contributed by atoms with Gasteiger partial charge in [0.05, 0.1) is 0 Å². The Balaban J connectivity index is 3.36. The Labute approximate surface area is 128 Å². The quantitative estimate of drug-likeness (QED) is 0.219. The molecule has 0 aromatic carbocycles. The number of hydrogen-bond donors (Lipinski definition) is 0. The fourth-order valence-corrected chi connectivity index (χ4v) is 10.5. The second-order valence-electron chi connectivity index (χ2n) is 7.20. The number of hydrogen-bond acceptors (Lipinski definition) is 0. The van der Waals surface area contributed by atoms with Crippen LogP contribution in [0.4, 0.5) is 0 Å². The maximum absolute atomic E-state index is 2.69. The van der Waals surface area contributed by atoms with Crippen molar-refractivity contribution in [2.75, 3.05) is 0 Å².